The van der Waals surface area contributed by atoms with Crippen molar-refractivity contribution in [3.63, 3.8) is 0 Å². The van der Waals surface area contributed by atoms with Gasteiger partial charge in [-0.1, -0.05) is 12.2 Å². The van der Waals surface area contributed by atoms with Crippen LogP contribution in [0.5, 0.6) is 0 Å². The molecule has 0 unspecified atom stereocenters. The molecule has 0 saturated carbocycles. The zero-order valence-corrected chi connectivity index (χ0v) is 10.9. The Morgan fingerprint density at radius 2 is 2.41 bits per heavy atom. The van der Waals surface area contributed by atoms with E-state index < -0.39 is 0 Å². The molecule has 2 aromatic rings. The van der Waals surface area contributed by atoms with Crippen LogP contribution >= 0.6 is 23.6 Å². The molecule has 0 aliphatic heterocycles. The minimum atomic E-state index is 0.371. The first-order chi connectivity index (χ1) is 8.18. The summed E-state index contributed by atoms with van der Waals surface area (Å²) in [6.07, 6.45) is 3.41. The number of anilines is 1. The summed E-state index contributed by atoms with van der Waals surface area (Å²) in [6, 6.07) is 1.81. The van der Waals surface area contributed by atoms with Crippen LogP contribution in [0.25, 0.3) is 0 Å². The maximum Gasteiger partial charge on any atom is 0.106 e. The van der Waals surface area contributed by atoms with Crippen molar-refractivity contribution in [1.82, 2.24) is 9.97 Å². The predicted octanol–water partition coefficient (Wildman–Crippen LogP) is 2.09. The first-order valence-corrected chi connectivity index (χ1v) is 6.34. The second kappa shape index (κ2) is 5.20. The van der Waals surface area contributed by atoms with Crippen molar-refractivity contribution in [2.24, 2.45) is 5.73 Å². The van der Waals surface area contributed by atoms with Gasteiger partial charge in [0.15, 0.2) is 0 Å². The molecule has 0 saturated heterocycles. The monoisotopic (exact) mass is 264 g/mol. The molecule has 88 valence electrons. The van der Waals surface area contributed by atoms with Gasteiger partial charge < -0.3 is 11.1 Å². The Morgan fingerprint density at radius 1 is 1.59 bits per heavy atom. The van der Waals surface area contributed by atoms with Gasteiger partial charge in [-0.05, 0) is 13.0 Å². The van der Waals surface area contributed by atoms with Crippen molar-refractivity contribution in [2.45, 2.75) is 13.5 Å². The van der Waals surface area contributed by atoms with E-state index in [4.69, 9.17) is 18.0 Å². The highest BCUT2D eigenvalue weighted by molar-refractivity contribution is 7.80. The fourth-order valence-corrected chi connectivity index (χ4v) is 2.32. The van der Waals surface area contributed by atoms with Gasteiger partial charge >= 0.3 is 0 Å². The van der Waals surface area contributed by atoms with Crippen molar-refractivity contribution in [2.75, 3.05) is 5.32 Å². The smallest absolute Gasteiger partial charge is 0.106 e. The Bertz CT molecular complexity index is 536. The van der Waals surface area contributed by atoms with Crippen molar-refractivity contribution in [3.05, 3.63) is 40.1 Å². The number of nitrogens with zero attached hydrogens (tertiary/aromatic N) is 2. The summed E-state index contributed by atoms with van der Waals surface area (Å²) < 4.78 is 0. The van der Waals surface area contributed by atoms with E-state index in [0.717, 1.165) is 16.9 Å². The SMILES string of the molecule is Cc1ncsc1CNc1cnccc1C(N)=S. The molecule has 0 aliphatic rings. The fraction of sp³-hybridized carbons (Fsp3) is 0.182. The Balaban J connectivity index is 2.14. The van der Waals surface area contributed by atoms with E-state index in [1.54, 1.807) is 23.7 Å². The Labute approximate surface area is 109 Å². The third-order valence-electron chi connectivity index (χ3n) is 2.37. The van der Waals surface area contributed by atoms with Gasteiger partial charge in [-0.25, -0.2) is 4.98 Å². The van der Waals surface area contributed by atoms with Crippen LogP contribution in [-0.4, -0.2) is 15.0 Å². The summed E-state index contributed by atoms with van der Waals surface area (Å²) in [6.45, 7) is 2.70. The molecule has 17 heavy (non-hydrogen) atoms. The summed E-state index contributed by atoms with van der Waals surface area (Å²) in [7, 11) is 0. The molecule has 0 radical (unpaired) electrons. The molecule has 6 heteroatoms. The van der Waals surface area contributed by atoms with Gasteiger partial charge in [-0.3, -0.25) is 4.98 Å². The number of nitrogens with one attached hydrogen (secondary N) is 1. The number of thiazole rings is 1. The molecule has 2 aromatic heterocycles. The van der Waals surface area contributed by atoms with Crippen LogP contribution in [-0.2, 0) is 6.54 Å². The number of hydrogen-bond acceptors (Lipinski definition) is 5. The average Bonchev–Trinajstić information content (AvgIpc) is 2.72. The van der Waals surface area contributed by atoms with Crippen molar-refractivity contribution < 1.29 is 0 Å². The number of pyridine rings is 1. The highest BCUT2D eigenvalue weighted by Crippen LogP contribution is 2.17. The minimum absolute atomic E-state index is 0.371. The van der Waals surface area contributed by atoms with Gasteiger partial charge in [-0.2, -0.15) is 0 Å². The van der Waals surface area contributed by atoms with Gasteiger partial charge in [0.2, 0.25) is 0 Å². The normalized spacial score (nSPS) is 10.2. The lowest BCUT2D eigenvalue weighted by molar-refractivity contribution is 1.11. The molecule has 2 heterocycles. The van der Waals surface area contributed by atoms with Gasteiger partial charge in [0.1, 0.15) is 4.99 Å². The van der Waals surface area contributed by atoms with Crippen molar-refractivity contribution in [1.29, 1.82) is 0 Å². The Kier molecular flexibility index (Phi) is 3.65. The molecule has 0 fully saturated rings. The van der Waals surface area contributed by atoms with Crippen LogP contribution in [0.3, 0.4) is 0 Å². The van der Waals surface area contributed by atoms with Crippen LogP contribution in [0.1, 0.15) is 16.1 Å². The number of rotatable bonds is 4. The second-order valence-electron chi connectivity index (χ2n) is 3.50. The van der Waals surface area contributed by atoms with Crippen LogP contribution in [0.2, 0.25) is 0 Å². The van der Waals surface area contributed by atoms with E-state index in [-0.39, 0.29) is 0 Å². The minimum Gasteiger partial charge on any atom is -0.389 e. The maximum absolute atomic E-state index is 5.65. The summed E-state index contributed by atoms with van der Waals surface area (Å²) in [5.74, 6) is 0. The van der Waals surface area contributed by atoms with Crippen molar-refractivity contribution in [3.8, 4) is 0 Å². The van der Waals surface area contributed by atoms with E-state index in [1.807, 2.05) is 18.5 Å². The zero-order chi connectivity index (χ0) is 12.3. The molecule has 2 rings (SSSR count). The van der Waals surface area contributed by atoms with Crippen LogP contribution < -0.4 is 11.1 Å². The third-order valence-corrected chi connectivity index (χ3v) is 3.53. The molecular formula is C11H12N4S2. The van der Waals surface area contributed by atoms with Gasteiger partial charge in [0, 0.05) is 16.6 Å². The maximum atomic E-state index is 5.65. The number of hydrogen-bond donors (Lipinski definition) is 2. The zero-order valence-electron chi connectivity index (χ0n) is 9.30. The van der Waals surface area contributed by atoms with Gasteiger partial charge in [0.25, 0.3) is 0 Å². The van der Waals surface area contributed by atoms with Crippen LogP contribution in [0.4, 0.5) is 5.69 Å². The molecule has 0 atom stereocenters. The predicted molar refractivity (Wildman–Crippen MR) is 74.3 cm³/mol. The number of nitrogens with two attached hydrogens (primary N) is 1. The lowest BCUT2D eigenvalue weighted by Crippen LogP contribution is -2.13. The highest BCUT2D eigenvalue weighted by Gasteiger charge is 2.06. The summed E-state index contributed by atoms with van der Waals surface area (Å²) in [5.41, 5.74) is 10.2. The number of thiocarbonyl (C=S) groups is 1. The third kappa shape index (κ3) is 2.78. The molecule has 0 aromatic carbocycles. The first kappa shape index (κ1) is 11.9. The lowest BCUT2D eigenvalue weighted by atomic mass is 10.2. The molecule has 0 bridgehead atoms. The van der Waals surface area contributed by atoms with Gasteiger partial charge in [0.05, 0.1) is 29.6 Å². The van der Waals surface area contributed by atoms with E-state index in [1.165, 1.54) is 4.88 Å². The summed E-state index contributed by atoms with van der Waals surface area (Å²) in [4.78, 5) is 9.83. The molecule has 0 amide bonds. The van der Waals surface area contributed by atoms with E-state index in [2.05, 4.69) is 15.3 Å². The molecule has 3 N–H and O–H groups in total. The number of aromatic nitrogens is 2. The van der Waals surface area contributed by atoms with Crippen LogP contribution in [0.15, 0.2) is 24.0 Å². The van der Waals surface area contributed by atoms with E-state index >= 15 is 0 Å². The average molecular weight is 264 g/mol. The number of aryl methyl sites for hydroxylation is 1. The second-order valence-corrected chi connectivity index (χ2v) is 4.88. The first-order valence-electron chi connectivity index (χ1n) is 5.05. The fourth-order valence-electron chi connectivity index (χ4n) is 1.42. The highest BCUT2D eigenvalue weighted by atomic mass is 32.1. The summed E-state index contributed by atoms with van der Waals surface area (Å²) in [5, 5.41) is 3.28. The van der Waals surface area contributed by atoms with Crippen molar-refractivity contribution >= 4 is 34.2 Å². The molecular weight excluding hydrogens is 252 g/mol. The van der Waals surface area contributed by atoms with E-state index in [0.29, 0.717) is 11.5 Å². The Morgan fingerprint density at radius 3 is 3.06 bits per heavy atom. The quantitative estimate of drug-likeness (QED) is 0.828. The molecule has 4 nitrogen and oxygen atoms in total. The largest absolute Gasteiger partial charge is 0.389 e. The summed E-state index contributed by atoms with van der Waals surface area (Å²) >= 11 is 6.61. The van der Waals surface area contributed by atoms with Crippen LogP contribution in [0, 0.1) is 6.92 Å². The Hall–Kier alpha value is -1.53. The molecule has 0 spiro atoms. The van der Waals surface area contributed by atoms with Gasteiger partial charge in [-0.15, -0.1) is 11.3 Å². The lowest BCUT2D eigenvalue weighted by Gasteiger charge is -2.09. The van der Waals surface area contributed by atoms with E-state index in [9.17, 15) is 0 Å². The molecule has 0 aliphatic carbocycles. The standard InChI is InChI=1S/C11H12N4S2/c1-7-10(17-6-15-7)5-14-9-4-13-3-2-8(9)11(12)16/h2-4,6,14H,5H2,1H3,(H2,12,16). The topological polar surface area (TPSA) is 63.8 Å².